The highest BCUT2D eigenvalue weighted by Crippen LogP contribution is 2.31. The molecule has 0 saturated carbocycles. The number of hydrogen-bond donors (Lipinski definition) is 0. The first-order valence-corrected chi connectivity index (χ1v) is 11.5. The molecule has 1 heterocycles. The Morgan fingerprint density at radius 2 is 1.84 bits per heavy atom. The summed E-state index contributed by atoms with van der Waals surface area (Å²) in [5.74, 6) is 1.64. The van der Waals surface area contributed by atoms with Crippen LogP contribution in [0.25, 0.3) is 0 Å². The summed E-state index contributed by atoms with van der Waals surface area (Å²) >= 11 is 12.2. The van der Waals surface area contributed by atoms with Gasteiger partial charge in [-0.1, -0.05) is 56.1 Å². The van der Waals surface area contributed by atoms with Gasteiger partial charge >= 0.3 is 0 Å². The zero-order chi connectivity index (χ0) is 23.5. The first kappa shape index (κ1) is 24.7. The molecule has 0 aromatic heterocycles. The van der Waals surface area contributed by atoms with E-state index in [1.807, 2.05) is 36.2 Å². The predicted molar refractivity (Wildman–Crippen MR) is 130 cm³/mol. The van der Waals surface area contributed by atoms with Gasteiger partial charge in [-0.3, -0.25) is 9.69 Å². The lowest BCUT2D eigenvalue weighted by atomic mass is 9.93. The van der Waals surface area contributed by atoms with Gasteiger partial charge in [0.1, 0.15) is 6.61 Å². The van der Waals surface area contributed by atoms with E-state index in [1.165, 1.54) is 0 Å². The molecule has 1 fully saturated rings. The second-order valence-corrected chi connectivity index (χ2v) is 10.5. The molecule has 0 spiro atoms. The van der Waals surface area contributed by atoms with Gasteiger partial charge < -0.3 is 14.4 Å². The van der Waals surface area contributed by atoms with E-state index < -0.39 is 0 Å². The Bertz CT molecular complexity index is 953. The zero-order valence-electron chi connectivity index (χ0n) is 19.5. The molecule has 1 amide bonds. The average molecular weight is 479 g/mol. The third-order valence-electron chi connectivity index (χ3n) is 5.43. The van der Waals surface area contributed by atoms with Crippen LogP contribution in [0.3, 0.4) is 0 Å². The number of amides is 1. The van der Waals surface area contributed by atoms with Gasteiger partial charge in [-0.25, -0.2) is 0 Å². The Hall–Kier alpha value is -1.95. The highest BCUT2D eigenvalue weighted by molar-refractivity contribution is 6.35. The SMILES string of the molecule is COc1cc(CN2CC(C(=O)N(C)CC(C)(C)C)C2)ccc1OCc1ccc(Cl)cc1Cl. The largest absolute Gasteiger partial charge is 0.493 e. The molecule has 3 rings (SSSR count). The fourth-order valence-electron chi connectivity index (χ4n) is 3.94. The standard InChI is InChI=1S/C25H32Cl2N2O3/c1-25(2,3)16-28(4)24(30)19-13-29(14-19)12-17-6-9-22(23(10-17)31-5)32-15-18-7-8-20(26)11-21(18)27/h6-11,19H,12-16H2,1-5H3. The summed E-state index contributed by atoms with van der Waals surface area (Å²) in [7, 11) is 3.53. The quantitative estimate of drug-likeness (QED) is 0.500. The Labute approximate surface area is 201 Å². The van der Waals surface area contributed by atoms with Crippen molar-refractivity contribution in [1.29, 1.82) is 0 Å². The van der Waals surface area contributed by atoms with Crippen molar-refractivity contribution in [1.82, 2.24) is 9.80 Å². The van der Waals surface area contributed by atoms with E-state index in [9.17, 15) is 4.79 Å². The molecular weight excluding hydrogens is 447 g/mol. The molecule has 0 bridgehead atoms. The molecule has 5 nitrogen and oxygen atoms in total. The van der Waals surface area contributed by atoms with E-state index in [1.54, 1.807) is 19.2 Å². The molecule has 2 aromatic carbocycles. The van der Waals surface area contributed by atoms with Gasteiger partial charge in [0.05, 0.1) is 13.0 Å². The lowest BCUT2D eigenvalue weighted by molar-refractivity contribution is -0.141. The topological polar surface area (TPSA) is 42.0 Å². The van der Waals surface area contributed by atoms with Crippen LogP contribution >= 0.6 is 23.2 Å². The Kier molecular flexibility index (Phi) is 7.97. The monoisotopic (exact) mass is 478 g/mol. The van der Waals surface area contributed by atoms with Crippen molar-refractivity contribution in [2.45, 2.75) is 33.9 Å². The normalized spacial score (nSPS) is 14.7. The Balaban J connectivity index is 1.54. The summed E-state index contributed by atoms with van der Waals surface area (Å²) in [5, 5.41) is 1.17. The lowest BCUT2D eigenvalue weighted by Crippen LogP contribution is -2.54. The Morgan fingerprint density at radius 3 is 2.47 bits per heavy atom. The summed E-state index contributed by atoms with van der Waals surface area (Å²) in [6.07, 6.45) is 0. The van der Waals surface area contributed by atoms with Crippen LogP contribution in [-0.2, 0) is 17.9 Å². The minimum Gasteiger partial charge on any atom is -0.493 e. The van der Waals surface area contributed by atoms with Gasteiger partial charge in [0, 0.05) is 48.8 Å². The van der Waals surface area contributed by atoms with Crippen LogP contribution in [0.4, 0.5) is 0 Å². The van der Waals surface area contributed by atoms with Gasteiger partial charge in [-0.2, -0.15) is 0 Å². The molecule has 0 atom stereocenters. The molecule has 0 aliphatic carbocycles. The second kappa shape index (κ2) is 10.3. The molecule has 1 saturated heterocycles. The van der Waals surface area contributed by atoms with Crippen molar-refractivity contribution in [2.75, 3.05) is 33.8 Å². The fourth-order valence-corrected chi connectivity index (χ4v) is 4.40. The van der Waals surface area contributed by atoms with E-state index >= 15 is 0 Å². The number of likely N-dealkylation sites (tertiary alicyclic amines) is 1. The number of carbonyl (C=O) groups excluding carboxylic acids is 1. The second-order valence-electron chi connectivity index (χ2n) is 9.66. The summed E-state index contributed by atoms with van der Waals surface area (Å²) in [4.78, 5) is 16.8. The highest BCUT2D eigenvalue weighted by Gasteiger charge is 2.35. The molecule has 0 N–H and O–H groups in total. The lowest BCUT2D eigenvalue weighted by Gasteiger charge is -2.41. The minimum absolute atomic E-state index is 0.0796. The van der Waals surface area contributed by atoms with Gasteiger partial charge in [0.25, 0.3) is 0 Å². The van der Waals surface area contributed by atoms with Crippen molar-refractivity contribution in [2.24, 2.45) is 11.3 Å². The number of rotatable bonds is 8. The molecule has 1 aliphatic heterocycles. The van der Waals surface area contributed by atoms with Crippen molar-refractivity contribution in [3.8, 4) is 11.5 Å². The van der Waals surface area contributed by atoms with Gasteiger partial charge in [-0.05, 0) is 35.2 Å². The predicted octanol–water partition coefficient (Wildman–Crippen LogP) is 5.52. The van der Waals surface area contributed by atoms with E-state index in [-0.39, 0.29) is 17.2 Å². The molecule has 32 heavy (non-hydrogen) atoms. The summed E-state index contributed by atoms with van der Waals surface area (Å²) in [6.45, 7) is 9.86. The zero-order valence-corrected chi connectivity index (χ0v) is 21.0. The first-order valence-electron chi connectivity index (χ1n) is 10.8. The van der Waals surface area contributed by atoms with Gasteiger partial charge in [0.15, 0.2) is 11.5 Å². The third kappa shape index (κ3) is 6.53. The van der Waals surface area contributed by atoms with Crippen molar-refractivity contribution < 1.29 is 14.3 Å². The average Bonchev–Trinajstić information content (AvgIpc) is 2.68. The maximum atomic E-state index is 12.6. The van der Waals surface area contributed by atoms with Crippen molar-refractivity contribution in [3.63, 3.8) is 0 Å². The van der Waals surface area contributed by atoms with Crippen LogP contribution in [0.5, 0.6) is 11.5 Å². The molecule has 1 aliphatic rings. The van der Waals surface area contributed by atoms with Crippen LogP contribution < -0.4 is 9.47 Å². The number of carbonyl (C=O) groups is 1. The van der Waals surface area contributed by atoms with Gasteiger partial charge in [0.2, 0.25) is 5.91 Å². The van der Waals surface area contributed by atoms with E-state index in [2.05, 4.69) is 25.7 Å². The van der Waals surface area contributed by atoms with E-state index in [0.29, 0.717) is 28.2 Å². The van der Waals surface area contributed by atoms with Crippen LogP contribution in [0.15, 0.2) is 36.4 Å². The number of halogens is 2. The first-order chi connectivity index (χ1) is 15.1. The van der Waals surface area contributed by atoms with Crippen molar-refractivity contribution in [3.05, 3.63) is 57.6 Å². The molecule has 2 aromatic rings. The fraction of sp³-hybridized carbons (Fsp3) is 0.480. The third-order valence-corrected chi connectivity index (χ3v) is 6.01. The molecular formula is C25H32Cl2N2O3. The number of nitrogens with zero attached hydrogens (tertiary/aromatic N) is 2. The van der Waals surface area contributed by atoms with Crippen LogP contribution in [0.2, 0.25) is 10.0 Å². The summed E-state index contributed by atoms with van der Waals surface area (Å²) in [6, 6.07) is 11.3. The molecule has 0 radical (unpaired) electrons. The van der Waals surface area contributed by atoms with E-state index in [0.717, 1.165) is 37.3 Å². The maximum Gasteiger partial charge on any atom is 0.228 e. The summed E-state index contributed by atoms with van der Waals surface area (Å²) in [5.41, 5.74) is 2.08. The highest BCUT2D eigenvalue weighted by atomic mass is 35.5. The number of hydrogen-bond acceptors (Lipinski definition) is 4. The number of methoxy groups -OCH3 is 1. The summed E-state index contributed by atoms with van der Waals surface area (Å²) < 4.78 is 11.5. The molecule has 0 unspecified atom stereocenters. The maximum absolute atomic E-state index is 12.6. The van der Waals surface area contributed by atoms with Crippen molar-refractivity contribution >= 4 is 29.1 Å². The number of benzene rings is 2. The van der Waals surface area contributed by atoms with Crippen LogP contribution in [-0.4, -0.2) is 49.5 Å². The van der Waals surface area contributed by atoms with Crippen LogP contribution in [0, 0.1) is 11.3 Å². The Morgan fingerprint density at radius 1 is 1.12 bits per heavy atom. The smallest absolute Gasteiger partial charge is 0.228 e. The number of ether oxygens (including phenoxy) is 2. The molecule has 7 heteroatoms. The molecule has 174 valence electrons. The van der Waals surface area contributed by atoms with Crippen LogP contribution in [0.1, 0.15) is 31.9 Å². The van der Waals surface area contributed by atoms with Gasteiger partial charge in [-0.15, -0.1) is 0 Å². The minimum atomic E-state index is 0.0796. The van der Waals surface area contributed by atoms with E-state index in [4.69, 9.17) is 32.7 Å².